The minimum absolute atomic E-state index is 0.136. The van der Waals surface area contributed by atoms with Gasteiger partial charge in [0.05, 0.1) is 18.8 Å². The number of amides is 4. The first-order chi connectivity index (χ1) is 17.3. The molecule has 1 atom stereocenters. The summed E-state index contributed by atoms with van der Waals surface area (Å²) in [5, 5.41) is 15.3. The minimum Gasteiger partial charge on any atom is -0.489 e. The lowest BCUT2D eigenvalue weighted by Gasteiger charge is -2.40. The first-order valence-corrected chi connectivity index (χ1v) is 11.4. The van der Waals surface area contributed by atoms with Gasteiger partial charge in [-0.15, -0.1) is 0 Å². The third-order valence-corrected chi connectivity index (χ3v) is 5.93. The van der Waals surface area contributed by atoms with Crippen molar-refractivity contribution in [2.75, 3.05) is 38.2 Å². The van der Waals surface area contributed by atoms with Gasteiger partial charge in [0.25, 0.3) is 5.91 Å². The molecule has 36 heavy (non-hydrogen) atoms. The Morgan fingerprint density at radius 2 is 1.94 bits per heavy atom. The molecule has 186 valence electrons. The van der Waals surface area contributed by atoms with E-state index in [0.29, 0.717) is 29.8 Å². The van der Waals surface area contributed by atoms with Crippen molar-refractivity contribution in [3.05, 3.63) is 59.7 Å². The van der Waals surface area contributed by atoms with Crippen LogP contribution in [0.25, 0.3) is 0 Å². The van der Waals surface area contributed by atoms with Crippen LogP contribution in [0.1, 0.15) is 11.1 Å². The van der Waals surface area contributed by atoms with Gasteiger partial charge >= 0.3 is 11.8 Å². The topological polar surface area (TPSA) is 128 Å². The Balaban J connectivity index is 1.36. The zero-order valence-corrected chi connectivity index (χ0v) is 19.7. The Hall–Kier alpha value is -4.36. The summed E-state index contributed by atoms with van der Waals surface area (Å²) in [5.41, 5.74) is 0.739. The molecule has 0 bridgehead atoms. The number of rotatable bonds is 5. The van der Waals surface area contributed by atoms with Gasteiger partial charge in [-0.2, -0.15) is 0 Å². The van der Waals surface area contributed by atoms with Crippen molar-refractivity contribution in [2.45, 2.75) is 18.1 Å². The lowest BCUT2D eigenvalue weighted by atomic mass is 9.95. The van der Waals surface area contributed by atoms with Crippen molar-refractivity contribution in [3.63, 3.8) is 0 Å². The van der Waals surface area contributed by atoms with Crippen molar-refractivity contribution in [3.8, 4) is 17.6 Å². The summed E-state index contributed by atoms with van der Waals surface area (Å²) in [6.07, 6.45) is 1.22. The quantitative estimate of drug-likeness (QED) is 0.293. The summed E-state index contributed by atoms with van der Waals surface area (Å²) >= 11 is 0. The Bertz CT molecular complexity index is 1230. The Morgan fingerprint density at radius 1 is 1.19 bits per heavy atom. The maximum Gasteiger partial charge on any atom is 0.310 e. The van der Waals surface area contributed by atoms with Crippen LogP contribution in [-0.4, -0.2) is 79.1 Å². The van der Waals surface area contributed by atoms with E-state index in [2.05, 4.69) is 22.5 Å². The summed E-state index contributed by atoms with van der Waals surface area (Å²) in [4.78, 5) is 51.1. The smallest absolute Gasteiger partial charge is 0.310 e. The first kappa shape index (κ1) is 24.8. The van der Waals surface area contributed by atoms with Crippen LogP contribution in [0.3, 0.4) is 0 Å². The van der Waals surface area contributed by atoms with E-state index in [-0.39, 0.29) is 26.2 Å². The highest BCUT2D eigenvalue weighted by molar-refractivity contribution is 6.35. The highest BCUT2D eigenvalue weighted by Gasteiger charge is 2.39. The van der Waals surface area contributed by atoms with Crippen LogP contribution in [0.4, 0.5) is 5.69 Å². The molecule has 0 saturated carbocycles. The van der Waals surface area contributed by atoms with Crippen LogP contribution in [0, 0.1) is 11.8 Å². The number of β-amino-alcohol motifs (C(OH)–C–C–N with tert-alkyl or cyclic N) is 1. The van der Waals surface area contributed by atoms with Gasteiger partial charge in [0.2, 0.25) is 6.41 Å². The third-order valence-electron chi connectivity index (χ3n) is 5.93. The fraction of sp³-hybridized carbons (Fsp3) is 0.308. The minimum atomic E-state index is -1.26. The zero-order valence-electron chi connectivity index (χ0n) is 19.7. The Kier molecular flexibility index (Phi) is 7.22. The molecule has 1 saturated heterocycles. The van der Waals surface area contributed by atoms with Crippen LogP contribution in [0.5, 0.6) is 5.75 Å². The number of fused-ring (bicyclic) bond motifs is 1. The number of hydrogen-bond acceptors (Lipinski definition) is 6. The molecule has 2 aliphatic rings. The van der Waals surface area contributed by atoms with E-state index in [1.165, 1.54) is 16.8 Å². The predicted octanol–water partition coefficient (Wildman–Crippen LogP) is -0.560. The molecular formula is C26H26N4O6. The van der Waals surface area contributed by atoms with Gasteiger partial charge < -0.3 is 30.3 Å². The number of ether oxygens (including phenoxy) is 1. The molecule has 2 aromatic carbocycles. The van der Waals surface area contributed by atoms with Gasteiger partial charge in [-0.1, -0.05) is 42.2 Å². The number of aliphatic hydroxyl groups is 1. The molecule has 0 aliphatic carbocycles. The zero-order chi connectivity index (χ0) is 25.7. The average Bonchev–Trinajstić information content (AvgIpc) is 2.98. The number of likely N-dealkylation sites (tertiary alicyclic amines) is 1. The molecule has 10 heteroatoms. The van der Waals surface area contributed by atoms with E-state index in [9.17, 15) is 24.3 Å². The van der Waals surface area contributed by atoms with Gasteiger partial charge in [0.1, 0.15) is 18.4 Å². The van der Waals surface area contributed by atoms with Crippen LogP contribution in [0.15, 0.2) is 48.5 Å². The number of likely N-dealkylation sites (N-methyl/N-ethyl adjacent to an activating group) is 1. The second kappa shape index (κ2) is 10.5. The number of hydrogen-bond donors (Lipinski definition) is 3. The van der Waals surface area contributed by atoms with Gasteiger partial charge in [-0.25, -0.2) is 0 Å². The summed E-state index contributed by atoms with van der Waals surface area (Å²) < 4.78 is 5.73. The summed E-state index contributed by atoms with van der Waals surface area (Å²) in [6.45, 7) is 0.405. The summed E-state index contributed by atoms with van der Waals surface area (Å²) in [6, 6.07) is 13.4. The highest BCUT2D eigenvalue weighted by Crippen LogP contribution is 2.31. The third kappa shape index (κ3) is 5.64. The van der Waals surface area contributed by atoms with E-state index in [1.807, 2.05) is 30.3 Å². The van der Waals surface area contributed by atoms with E-state index < -0.39 is 29.4 Å². The standard InChI is InChI=1S/C26H26N4O6/c1-29-21-13-19(9-11-26(35)15-30(16-26)17-31)7-8-22(21)36-14-20(25(29)34)28-24(33)23(32)27-12-10-18-5-3-2-4-6-18/h2-8,13,17,20,35H,10,12,14-16H2,1H3,(H,27,32)(H,28,33)/t20-/m0/s1. The van der Waals surface area contributed by atoms with Crippen molar-refractivity contribution in [1.82, 2.24) is 15.5 Å². The fourth-order valence-corrected chi connectivity index (χ4v) is 3.92. The van der Waals surface area contributed by atoms with Crippen molar-refractivity contribution >= 4 is 29.8 Å². The fourth-order valence-electron chi connectivity index (χ4n) is 3.92. The Labute approximate surface area is 208 Å². The number of benzene rings is 2. The van der Waals surface area contributed by atoms with Crippen LogP contribution < -0.4 is 20.3 Å². The maximum atomic E-state index is 13.0. The molecule has 10 nitrogen and oxygen atoms in total. The lowest BCUT2D eigenvalue weighted by molar-refractivity contribution is -0.140. The summed E-state index contributed by atoms with van der Waals surface area (Å²) in [7, 11) is 1.54. The predicted molar refractivity (Wildman–Crippen MR) is 130 cm³/mol. The van der Waals surface area contributed by atoms with Gasteiger partial charge in [0, 0.05) is 19.2 Å². The number of nitrogens with zero attached hydrogens (tertiary/aromatic N) is 2. The first-order valence-electron chi connectivity index (χ1n) is 11.4. The lowest BCUT2D eigenvalue weighted by Crippen LogP contribution is -2.60. The van der Waals surface area contributed by atoms with E-state index >= 15 is 0 Å². The van der Waals surface area contributed by atoms with Crippen LogP contribution >= 0.6 is 0 Å². The monoisotopic (exact) mass is 490 g/mol. The molecule has 2 aliphatic heterocycles. The van der Waals surface area contributed by atoms with Crippen LogP contribution in [0.2, 0.25) is 0 Å². The molecule has 0 unspecified atom stereocenters. The summed E-state index contributed by atoms with van der Waals surface area (Å²) in [5.74, 6) is 3.83. The molecule has 4 rings (SSSR count). The van der Waals surface area contributed by atoms with E-state index in [1.54, 1.807) is 18.2 Å². The molecule has 2 heterocycles. The number of carbonyl (C=O) groups is 4. The van der Waals surface area contributed by atoms with Gasteiger partial charge in [0.15, 0.2) is 5.60 Å². The van der Waals surface area contributed by atoms with Gasteiger partial charge in [-0.3, -0.25) is 19.2 Å². The van der Waals surface area contributed by atoms with Crippen LogP contribution in [-0.2, 0) is 25.6 Å². The largest absolute Gasteiger partial charge is 0.489 e. The molecule has 2 aromatic rings. The number of carbonyl (C=O) groups excluding carboxylic acids is 4. The number of anilines is 1. The normalized spacial score (nSPS) is 17.8. The SMILES string of the molecule is CN1C(=O)[C@@H](NC(=O)C(=O)NCCc2ccccc2)COc2ccc(C#CC3(O)CN(C=O)C3)cc21. The molecule has 1 fully saturated rings. The Morgan fingerprint density at radius 3 is 2.67 bits per heavy atom. The van der Waals surface area contributed by atoms with Crippen molar-refractivity contribution in [2.24, 2.45) is 0 Å². The molecule has 0 spiro atoms. The van der Waals surface area contributed by atoms with E-state index in [0.717, 1.165) is 5.56 Å². The molecule has 3 N–H and O–H groups in total. The molecule has 0 aromatic heterocycles. The highest BCUT2D eigenvalue weighted by atomic mass is 16.5. The second-order valence-corrected chi connectivity index (χ2v) is 8.70. The number of nitrogens with one attached hydrogen (secondary N) is 2. The van der Waals surface area contributed by atoms with Crippen molar-refractivity contribution < 1.29 is 29.0 Å². The molecular weight excluding hydrogens is 464 g/mol. The maximum absolute atomic E-state index is 13.0. The second-order valence-electron chi connectivity index (χ2n) is 8.70. The average molecular weight is 491 g/mol. The molecule has 4 amide bonds. The van der Waals surface area contributed by atoms with Crippen molar-refractivity contribution in [1.29, 1.82) is 0 Å². The molecule has 0 radical (unpaired) electrons. The van der Waals surface area contributed by atoms with Gasteiger partial charge in [-0.05, 0) is 30.2 Å². The van der Waals surface area contributed by atoms with E-state index in [4.69, 9.17) is 4.74 Å².